The molecule has 2 nitrogen and oxygen atoms in total. The first-order valence-corrected chi connectivity index (χ1v) is 7.27. The Morgan fingerprint density at radius 1 is 1.11 bits per heavy atom. The molecule has 0 radical (unpaired) electrons. The third-order valence-corrected chi connectivity index (χ3v) is 5.19. The molecule has 2 N–H and O–H groups in total. The van der Waals surface area contributed by atoms with Gasteiger partial charge in [0.25, 0.3) is 0 Å². The largest absolute Gasteiger partial charge is 0.496 e. The van der Waals surface area contributed by atoms with E-state index in [4.69, 9.17) is 10.5 Å². The smallest absolute Gasteiger partial charge is 0.127 e. The summed E-state index contributed by atoms with van der Waals surface area (Å²) in [6.45, 7) is 8.83. The van der Waals surface area contributed by atoms with Crippen LogP contribution in [0.3, 0.4) is 0 Å². The lowest BCUT2D eigenvalue weighted by molar-refractivity contribution is 0.0950. The van der Waals surface area contributed by atoms with Crippen molar-refractivity contribution in [2.45, 2.75) is 58.9 Å². The third-order valence-electron chi connectivity index (χ3n) is 5.19. The van der Waals surface area contributed by atoms with E-state index in [-0.39, 0.29) is 11.0 Å². The number of methoxy groups -OCH3 is 1. The minimum absolute atomic E-state index is 0.111. The number of aryl methyl sites for hydroxylation is 1. The normalized spacial score (nSPS) is 26.2. The van der Waals surface area contributed by atoms with Crippen LogP contribution in [0.1, 0.15) is 56.2 Å². The van der Waals surface area contributed by atoms with Gasteiger partial charge in [-0.3, -0.25) is 0 Å². The van der Waals surface area contributed by atoms with E-state index >= 15 is 0 Å². The summed E-state index contributed by atoms with van der Waals surface area (Å²) >= 11 is 0. The van der Waals surface area contributed by atoms with Crippen molar-refractivity contribution < 1.29 is 4.74 Å². The lowest BCUT2D eigenvalue weighted by atomic mass is 9.60. The summed E-state index contributed by atoms with van der Waals surface area (Å²) in [5.41, 5.74) is 10.4. The number of benzene rings is 1. The fourth-order valence-corrected chi connectivity index (χ4v) is 3.44. The lowest BCUT2D eigenvalue weighted by Crippen LogP contribution is -2.52. The maximum atomic E-state index is 6.87. The van der Waals surface area contributed by atoms with Crippen LogP contribution in [0.4, 0.5) is 0 Å². The molecule has 1 aliphatic carbocycles. The molecule has 1 aromatic carbocycles. The highest BCUT2D eigenvalue weighted by Crippen LogP contribution is 2.51. The van der Waals surface area contributed by atoms with E-state index in [1.54, 1.807) is 7.11 Å². The minimum Gasteiger partial charge on any atom is -0.496 e. The van der Waals surface area contributed by atoms with E-state index in [0.717, 1.165) is 12.2 Å². The molecule has 1 fully saturated rings. The van der Waals surface area contributed by atoms with Gasteiger partial charge in [0.15, 0.2) is 0 Å². The van der Waals surface area contributed by atoms with Crippen molar-refractivity contribution in [1.29, 1.82) is 0 Å². The highest BCUT2D eigenvalue weighted by molar-refractivity contribution is 5.49. The van der Waals surface area contributed by atoms with E-state index in [9.17, 15) is 0 Å². The summed E-state index contributed by atoms with van der Waals surface area (Å²) in [6, 6.07) is 4.35. The van der Waals surface area contributed by atoms with E-state index < -0.39 is 0 Å². The molecule has 1 atom stereocenters. The molecule has 0 amide bonds. The molecule has 0 bridgehead atoms. The van der Waals surface area contributed by atoms with E-state index in [2.05, 4.69) is 39.8 Å². The molecule has 0 aromatic heterocycles. The second-order valence-corrected chi connectivity index (χ2v) is 6.65. The highest BCUT2D eigenvalue weighted by atomic mass is 16.5. The standard InChI is InChI=1S/C17H27NO/c1-12-8-9-14(15(19-5)13(12)2)17(18)11-7-6-10-16(17,3)4/h8-9H,6-7,10-11,18H2,1-5H3. The molecule has 0 saturated heterocycles. The van der Waals surface area contributed by atoms with Crippen LogP contribution in [0.2, 0.25) is 0 Å². The summed E-state index contributed by atoms with van der Waals surface area (Å²) in [4.78, 5) is 0. The summed E-state index contributed by atoms with van der Waals surface area (Å²) in [7, 11) is 1.75. The Balaban J connectivity index is 2.60. The maximum absolute atomic E-state index is 6.87. The fraction of sp³-hybridized carbons (Fsp3) is 0.647. The molecular weight excluding hydrogens is 234 g/mol. The average molecular weight is 261 g/mol. The molecule has 106 valence electrons. The summed E-state index contributed by atoms with van der Waals surface area (Å²) in [6.07, 6.45) is 4.70. The summed E-state index contributed by atoms with van der Waals surface area (Å²) in [5, 5.41) is 0. The maximum Gasteiger partial charge on any atom is 0.127 e. The van der Waals surface area contributed by atoms with E-state index in [0.29, 0.717) is 0 Å². The predicted molar refractivity (Wildman–Crippen MR) is 80.6 cm³/mol. The Kier molecular flexibility index (Phi) is 3.65. The van der Waals surface area contributed by atoms with Gasteiger partial charge < -0.3 is 10.5 Å². The third kappa shape index (κ3) is 2.16. The topological polar surface area (TPSA) is 35.2 Å². The molecule has 1 unspecified atom stereocenters. The zero-order valence-electron chi connectivity index (χ0n) is 13.0. The van der Waals surface area contributed by atoms with Crippen LogP contribution in [0, 0.1) is 19.3 Å². The van der Waals surface area contributed by atoms with Crippen molar-refractivity contribution in [1.82, 2.24) is 0 Å². The number of ether oxygens (including phenoxy) is 1. The molecule has 2 rings (SSSR count). The molecule has 0 spiro atoms. The number of hydrogen-bond acceptors (Lipinski definition) is 2. The molecule has 1 aromatic rings. The number of nitrogens with two attached hydrogens (primary N) is 1. The van der Waals surface area contributed by atoms with Gasteiger partial charge in [0, 0.05) is 11.1 Å². The van der Waals surface area contributed by atoms with Crippen molar-refractivity contribution in [3.63, 3.8) is 0 Å². The average Bonchev–Trinajstić information content (AvgIpc) is 2.36. The molecule has 1 aliphatic rings. The Morgan fingerprint density at radius 2 is 1.74 bits per heavy atom. The number of hydrogen-bond donors (Lipinski definition) is 1. The van der Waals surface area contributed by atoms with Gasteiger partial charge in [0.1, 0.15) is 5.75 Å². The second-order valence-electron chi connectivity index (χ2n) is 6.65. The van der Waals surface area contributed by atoms with Crippen LogP contribution in [0.25, 0.3) is 0 Å². The number of rotatable bonds is 2. The van der Waals surface area contributed by atoms with E-state index in [1.807, 2.05) is 0 Å². The van der Waals surface area contributed by atoms with Gasteiger partial charge in [-0.1, -0.05) is 38.8 Å². The van der Waals surface area contributed by atoms with Gasteiger partial charge in [0.2, 0.25) is 0 Å². The molecule has 0 heterocycles. The van der Waals surface area contributed by atoms with Crippen LogP contribution >= 0.6 is 0 Å². The minimum atomic E-state index is -0.283. The second kappa shape index (κ2) is 4.82. The first kappa shape index (κ1) is 14.4. The van der Waals surface area contributed by atoms with Crippen LogP contribution in [-0.2, 0) is 5.54 Å². The van der Waals surface area contributed by atoms with Crippen molar-refractivity contribution in [2.24, 2.45) is 11.1 Å². The Morgan fingerprint density at radius 3 is 2.32 bits per heavy atom. The van der Waals surface area contributed by atoms with Crippen LogP contribution in [0.5, 0.6) is 5.75 Å². The van der Waals surface area contributed by atoms with E-state index in [1.165, 1.54) is 36.0 Å². The van der Waals surface area contributed by atoms with Crippen LogP contribution < -0.4 is 10.5 Å². The van der Waals surface area contributed by atoms with Gasteiger partial charge in [0.05, 0.1) is 7.11 Å². The molecule has 1 saturated carbocycles. The van der Waals surface area contributed by atoms with Crippen molar-refractivity contribution in [2.75, 3.05) is 7.11 Å². The molecule has 19 heavy (non-hydrogen) atoms. The molecule has 2 heteroatoms. The Bertz CT molecular complexity index is 478. The van der Waals surface area contributed by atoms with Crippen molar-refractivity contribution in [3.8, 4) is 5.75 Å². The van der Waals surface area contributed by atoms with Crippen LogP contribution in [-0.4, -0.2) is 7.11 Å². The first-order valence-electron chi connectivity index (χ1n) is 7.27. The lowest BCUT2D eigenvalue weighted by Gasteiger charge is -2.48. The van der Waals surface area contributed by atoms with Gasteiger partial charge in [-0.2, -0.15) is 0 Å². The Labute approximate surface area is 117 Å². The van der Waals surface area contributed by atoms with Gasteiger partial charge in [-0.15, -0.1) is 0 Å². The first-order chi connectivity index (χ1) is 8.83. The van der Waals surface area contributed by atoms with Gasteiger partial charge >= 0.3 is 0 Å². The highest BCUT2D eigenvalue weighted by Gasteiger charge is 2.46. The molecule has 0 aliphatic heterocycles. The van der Waals surface area contributed by atoms with Crippen LogP contribution in [0.15, 0.2) is 12.1 Å². The monoisotopic (exact) mass is 261 g/mol. The quantitative estimate of drug-likeness (QED) is 0.871. The Hall–Kier alpha value is -1.02. The predicted octanol–water partition coefficient (Wildman–Crippen LogP) is 4.07. The van der Waals surface area contributed by atoms with Crippen molar-refractivity contribution in [3.05, 3.63) is 28.8 Å². The summed E-state index contributed by atoms with van der Waals surface area (Å²) in [5.74, 6) is 0.984. The summed E-state index contributed by atoms with van der Waals surface area (Å²) < 4.78 is 5.69. The fourth-order valence-electron chi connectivity index (χ4n) is 3.44. The zero-order chi connectivity index (χ0) is 14.3. The van der Waals surface area contributed by atoms with Gasteiger partial charge in [-0.25, -0.2) is 0 Å². The van der Waals surface area contributed by atoms with Gasteiger partial charge in [-0.05, 0) is 43.2 Å². The SMILES string of the molecule is COc1c(C2(N)CCCCC2(C)C)ccc(C)c1C. The zero-order valence-corrected chi connectivity index (χ0v) is 13.0. The van der Waals surface area contributed by atoms with Crippen molar-refractivity contribution >= 4 is 0 Å². The molecular formula is C17H27NO.